The van der Waals surface area contributed by atoms with Crippen molar-refractivity contribution in [2.45, 2.75) is 40.5 Å². The zero-order valence-electron chi connectivity index (χ0n) is 16.2. The van der Waals surface area contributed by atoms with Gasteiger partial charge in [0.25, 0.3) is 5.91 Å². The molecule has 1 aliphatic rings. The van der Waals surface area contributed by atoms with Crippen molar-refractivity contribution in [2.75, 3.05) is 32.0 Å². The summed E-state index contributed by atoms with van der Waals surface area (Å²) in [4.78, 5) is 16.9. The number of nitrogens with zero attached hydrogens (tertiary/aromatic N) is 2. The van der Waals surface area contributed by atoms with Crippen molar-refractivity contribution in [1.82, 2.24) is 9.80 Å². The van der Waals surface area contributed by atoms with Crippen LogP contribution in [0.1, 0.15) is 37.8 Å². The van der Waals surface area contributed by atoms with Crippen LogP contribution in [0.25, 0.3) is 0 Å². The van der Waals surface area contributed by atoms with Crippen LogP contribution >= 0.6 is 0 Å². The summed E-state index contributed by atoms with van der Waals surface area (Å²) < 4.78 is 0. The summed E-state index contributed by atoms with van der Waals surface area (Å²) in [5.41, 5.74) is 5.12. The molecule has 1 aliphatic heterocycles. The van der Waals surface area contributed by atoms with Crippen LogP contribution in [-0.4, -0.2) is 42.4 Å². The Hall–Kier alpha value is -2.23. The Labute approximate surface area is 152 Å². The van der Waals surface area contributed by atoms with Gasteiger partial charge in [0, 0.05) is 38.1 Å². The van der Waals surface area contributed by atoms with Crippen LogP contribution in [-0.2, 0) is 4.79 Å². The van der Waals surface area contributed by atoms with Crippen molar-refractivity contribution in [2.24, 2.45) is 0 Å². The molecule has 2 rings (SSSR count). The molecule has 0 aliphatic carbocycles. The standard InChI is InChI=1S/C21H31N3O/c1-6-11-24(12-7-2)18-10-13-23(5)21(25)20(15-18)22-19-9-8-16(3)14-17(19)4/h8-10,14-15,22H,6-7,11-13H2,1-5H3. The second-order valence-electron chi connectivity index (χ2n) is 6.80. The van der Waals surface area contributed by atoms with Gasteiger partial charge in [-0.1, -0.05) is 31.5 Å². The average Bonchev–Trinajstić information content (AvgIpc) is 2.71. The lowest BCUT2D eigenvalue weighted by Crippen LogP contribution is -2.29. The molecule has 4 heteroatoms. The molecule has 0 unspecified atom stereocenters. The predicted octanol–water partition coefficient (Wildman–Crippen LogP) is 4.08. The molecule has 0 atom stereocenters. The SMILES string of the molecule is CCCN(CCC)C1=CCN(C)C(=O)C(Nc2ccc(C)cc2C)=C1. The van der Waals surface area contributed by atoms with Gasteiger partial charge in [0.15, 0.2) is 0 Å². The van der Waals surface area contributed by atoms with Gasteiger partial charge in [-0.25, -0.2) is 0 Å². The van der Waals surface area contributed by atoms with E-state index in [0.29, 0.717) is 12.2 Å². The van der Waals surface area contributed by atoms with E-state index in [2.05, 4.69) is 56.1 Å². The number of anilines is 1. The summed E-state index contributed by atoms with van der Waals surface area (Å²) in [6.45, 7) is 11.2. The van der Waals surface area contributed by atoms with Crippen LogP contribution in [0.15, 0.2) is 41.7 Å². The van der Waals surface area contributed by atoms with Crippen molar-refractivity contribution in [3.05, 3.63) is 52.9 Å². The predicted molar refractivity (Wildman–Crippen MR) is 105 cm³/mol. The van der Waals surface area contributed by atoms with Gasteiger partial charge >= 0.3 is 0 Å². The van der Waals surface area contributed by atoms with Crippen molar-refractivity contribution in [3.8, 4) is 0 Å². The third-order valence-electron chi connectivity index (χ3n) is 4.45. The second-order valence-corrected chi connectivity index (χ2v) is 6.80. The number of hydrogen-bond donors (Lipinski definition) is 1. The van der Waals surface area contributed by atoms with E-state index in [9.17, 15) is 4.79 Å². The van der Waals surface area contributed by atoms with Gasteiger partial charge in [-0.05, 0) is 50.5 Å². The minimum Gasteiger partial charge on any atom is -0.372 e. The number of allylic oxidation sites excluding steroid dienone is 1. The molecule has 1 heterocycles. The first-order chi connectivity index (χ1) is 12.0. The Kier molecular flexibility index (Phi) is 6.68. The second kappa shape index (κ2) is 8.75. The molecule has 136 valence electrons. The molecule has 25 heavy (non-hydrogen) atoms. The van der Waals surface area contributed by atoms with E-state index < -0.39 is 0 Å². The van der Waals surface area contributed by atoms with Crippen molar-refractivity contribution in [1.29, 1.82) is 0 Å². The van der Waals surface area contributed by atoms with Crippen molar-refractivity contribution in [3.63, 3.8) is 0 Å². The van der Waals surface area contributed by atoms with E-state index in [1.165, 1.54) is 5.56 Å². The summed E-state index contributed by atoms with van der Waals surface area (Å²) >= 11 is 0. The smallest absolute Gasteiger partial charge is 0.270 e. The Balaban J connectivity index is 2.34. The van der Waals surface area contributed by atoms with Crippen molar-refractivity contribution < 1.29 is 4.79 Å². The molecule has 1 amide bonds. The summed E-state index contributed by atoms with van der Waals surface area (Å²) in [6.07, 6.45) is 6.35. The van der Waals surface area contributed by atoms with Gasteiger partial charge in [-0.3, -0.25) is 4.79 Å². The van der Waals surface area contributed by atoms with Crippen LogP contribution in [0.4, 0.5) is 5.69 Å². The van der Waals surface area contributed by atoms with Crippen LogP contribution in [0.3, 0.4) is 0 Å². The van der Waals surface area contributed by atoms with Gasteiger partial charge in [0.05, 0.1) is 0 Å². The highest BCUT2D eigenvalue weighted by Crippen LogP contribution is 2.22. The molecule has 0 bridgehead atoms. The molecule has 1 N–H and O–H groups in total. The Morgan fingerprint density at radius 1 is 1.16 bits per heavy atom. The van der Waals surface area contributed by atoms with Gasteiger partial charge in [0.1, 0.15) is 5.70 Å². The summed E-state index contributed by atoms with van der Waals surface area (Å²) in [5.74, 6) is 0.0270. The fourth-order valence-electron chi connectivity index (χ4n) is 3.11. The average molecular weight is 341 g/mol. The van der Waals surface area contributed by atoms with E-state index in [1.807, 2.05) is 19.2 Å². The highest BCUT2D eigenvalue weighted by atomic mass is 16.2. The summed E-state index contributed by atoms with van der Waals surface area (Å²) in [5, 5.41) is 3.37. The molecule has 0 saturated heterocycles. The van der Waals surface area contributed by atoms with E-state index in [4.69, 9.17) is 0 Å². The third kappa shape index (κ3) is 4.88. The summed E-state index contributed by atoms with van der Waals surface area (Å²) in [7, 11) is 1.85. The van der Waals surface area contributed by atoms with E-state index in [0.717, 1.165) is 42.9 Å². The van der Waals surface area contributed by atoms with Gasteiger partial charge in [-0.2, -0.15) is 0 Å². The molecular formula is C21H31N3O. The largest absolute Gasteiger partial charge is 0.372 e. The number of hydrogen-bond acceptors (Lipinski definition) is 3. The van der Waals surface area contributed by atoms with Crippen LogP contribution in [0, 0.1) is 13.8 Å². The fraction of sp³-hybridized carbons (Fsp3) is 0.476. The molecule has 0 spiro atoms. The number of carbonyl (C=O) groups is 1. The first-order valence-corrected chi connectivity index (χ1v) is 9.22. The zero-order chi connectivity index (χ0) is 18.4. The van der Waals surface area contributed by atoms with Crippen LogP contribution in [0.5, 0.6) is 0 Å². The molecule has 4 nitrogen and oxygen atoms in total. The Morgan fingerprint density at radius 2 is 1.84 bits per heavy atom. The molecule has 1 aromatic carbocycles. The van der Waals surface area contributed by atoms with Gasteiger partial charge in [0.2, 0.25) is 0 Å². The maximum atomic E-state index is 12.8. The number of carbonyl (C=O) groups excluding carboxylic acids is 1. The Morgan fingerprint density at radius 3 is 2.44 bits per heavy atom. The first kappa shape index (κ1) is 19.1. The number of aryl methyl sites for hydroxylation is 2. The zero-order valence-corrected chi connectivity index (χ0v) is 16.2. The molecule has 0 radical (unpaired) electrons. The molecule has 0 fully saturated rings. The number of likely N-dealkylation sites (N-methyl/N-ethyl adjacent to an activating group) is 1. The lowest BCUT2D eigenvalue weighted by atomic mass is 10.1. The molecular weight excluding hydrogens is 310 g/mol. The van der Waals surface area contributed by atoms with E-state index >= 15 is 0 Å². The number of nitrogens with one attached hydrogen (secondary N) is 1. The van der Waals surface area contributed by atoms with E-state index in [1.54, 1.807) is 4.90 Å². The fourth-order valence-corrected chi connectivity index (χ4v) is 3.11. The number of benzene rings is 1. The van der Waals surface area contributed by atoms with E-state index in [-0.39, 0.29) is 5.91 Å². The highest BCUT2D eigenvalue weighted by Gasteiger charge is 2.20. The minimum atomic E-state index is 0.0270. The molecule has 0 aromatic heterocycles. The normalized spacial score (nSPS) is 14.8. The van der Waals surface area contributed by atoms with Crippen LogP contribution in [0.2, 0.25) is 0 Å². The number of rotatable bonds is 7. The lowest BCUT2D eigenvalue weighted by molar-refractivity contribution is -0.125. The quantitative estimate of drug-likeness (QED) is 0.812. The lowest BCUT2D eigenvalue weighted by Gasteiger charge is -2.25. The maximum absolute atomic E-state index is 12.8. The number of amides is 1. The maximum Gasteiger partial charge on any atom is 0.270 e. The minimum absolute atomic E-state index is 0.0270. The Bertz CT molecular complexity index is 670. The highest BCUT2D eigenvalue weighted by molar-refractivity contribution is 5.97. The first-order valence-electron chi connectivity index (χ1n) is 9.22. The molecule has 0 saturated carbocycles. The monoisotopic (exact) mass is 341 g/mol. The summed E-state index contributed by atoms with van der Waals surface area (Å²) in [6, 6.07) is 6.24. The molecule has 1 aromatic rings. The third-order valence-corrected chi connectivity index (χ3v) is 4.45. The van der Waals surface area contributed by atoms with Gasteiger partial charge < -0.3 is 15.1 Å². The van der Waals surface area contributed by atoms with Gasteiger partial charge in [-0.15, -0.1) is 0 Å². The van der Waals surface area contributed by atoms with Crippen LogP contribution < -0.4 is 5.32 Å². The topological polar surface area (TPSA) is 35.6 Å². The van der Waals surface area contributed by atoms with Crippen molar-refractivity contribution >= 4 is 11.6 Å².